The number of benzene rings is 3. The van der Waals surface area contributed by atoms with Crippen molar-refractivity contribution < 1.29 is 98.8 Å². The van der Waals surface area contributed by atoms with Crippen molar-refractivity contribution in [3.63, 3.8) is 0 Å². The van der Waals surface area contributed by atoms with E-state index in [2.05, 4.69) is 112 Å². The van der Waals surface area contributed by atoms with E-state index in [1.54, 1.807) is 12.1 Å². The molecule has 3 aliphatic rings. The van der Waals surface area contributed by atoms with Gasteiger partial charge in [-0.25, -0.2) is 13.0 Å². The van der Waals surface area contributed by atoms with E-state index >= 15 is 0 Å². The predicted molar refractivity (Wildman–Crippen MR) is 248 cm³/mol. The molecule has 65 heavy (non-hydrogen) atoms. The van der Waals surface area contributed by atoms with E-state index in [-0.39, 0.29) is 80.8 Å². The van der Waals surface area contributed by atoms with Crippen LogP contribution in [0, 0.1) is 18.9 Å². The summed E-state index contributed by atoms with van der Waals surface area (Å²) in [5.74, 6) is 1.64. The number of unbranched alkanes of at least 4 members (excludes halogenated alkanes) is 4. The maximum absolute atomic E-state index is 12.3. The molecule has 3 aromatic rings. The third kappa shape index (κ3) is 14.3. The largest absolute Gasteiger partial charge is 1.00 e. The van der Waals surface area contributed by atoms with Crippen LogP contribution in [0.3, 0.4) is 0 Å². The van der Waals surface area contributed by atoms with Crippen LogP contribution in [0.4, 0.5) is 11.4 Å². The van der Waals surface area contributed by atoms with Crippen LogP contribution in [0.15, 0.2) is 112 Å². The van der Waals surface area contributed by atoms with Gasteiger partial charge in [0.2, 0.25) is 0 Å². The Hall–Kier alpha value is -2.91. The number of hydrogen-bond acceptors (Lipinski definition) is 9. The molecule has 0 atom stereocenters. The number of ether oxygens (including phenoxy) is 1. The summed E-state index contributed by atoms with van der Waals surface area (Å²) >= 11 is 0. The van der Waals surface area contributed by atoms with Gasteiger partial charge in [0.05, 0.1) is 4.90 Å². The fourth-order valence-electron chi connectivity index (χ4n) is 8.89. The third-order valence-electron chi connectivity index (χ3n) is 12.4. The SMILES string of the molecule is CCCCC[N+]1=C(/C=C/C2=C(Oc3ccc(S(=O)(=O)[O-])cc3)C(=C/C=C3/N(CCCCCC(=O)C(C)C)c4ccc(C)cc4C3(C)C)/CCC2)C(C)(C)c2c[c-]ccc21.O=S(=O)=O.[Na+].[Na+]. The Morgan fingerprint density at radius 2 is 1.60 bits per heavy atom. The molecule has 0 N–H and O–H groups in total. The first-order valence-corrected chi connectivity index (χ1v) is 24.6. The van der Waals surface area contributed by atoms with Crippen LogP contribution in [0.25, 0.3) is 0 Å². The molecule has 2 aliphatic heterocycles. The number of ketones is 1. The predicted octanol–water partition coefficient (Wildman–Crippen LogP) is 4.74. The summed E-state index contributed by atoms with van der Waals surface area (Å²) in [6, 6.07) is 22.1. The first kappa shape index (κ1) is 56.4. The second-order valence-corrected chi connectivity index (χ2v) is 19.8. The number of aryl methyl sites for hydroxylation is 1. The summed E-state index contributed by atoms with van der Waals surface area (Å²) < 4.78 is 69.9. The first-order chi connectivity index (χ1) is 29.8. The van der Waals surface area contributed by atoms with Crippen LogP contribution >= 0.6 is 0 Å². The maximum atomic E-state index is 12.3. The molecule has 0 unspecified atom stereocenters. The Morgan fingerprint density at radius 3 is 2.25 bits per heavy atom. The Kier molecular flexibility index (Phi) is 21.6. The molecule has 3 aromatic carbocycles. The molecule has 2 heterocycles. The average molecular weight is 942 g/mol. The molecule has 0 amide bonds. The number of rotatable bonds is 17. The molecule has 0 aromatic heterocycles. The van der Waals surface area contributed by atoms with Crippen LogP contribution in [0.2, 0.25) is 0 Å². The Morgan fingerprint density at radius 1 is 0.908 bits per heavy atom. The molecule has 0 fully saturated rings. The number of nitrogens with zero attached hydrogens (tertiary/aromatic N) is 2. The molecule has 14 heteroatoms. The van der Waals surface area contributed by atoms with Crippen molar-refractivity contribution in [2.75, 3.05) is 18.0 Å². The van der Waals surface area contributed by atoms with Crippen molar-refractivity contribution in [3.05, 3.63) is 130 Å². The first-order valence-electron chi connectivity index (χ1n) is 22.2. The topological polar surface area (TPSA) is 141 Å². The van der Waals surface area contributed by atoms with Gasteiger partial charge >= 0.3 is 69.7 Å². The van der Waals surface area contributed by atoms with Crippen LogP contribution in [-0.4, -0.2) is 54.8 Å². The molecule has 0 bridgehead atoms. The molecule has 0 saturated heterocycles. The summed E-state index contributed by atoms with van der Waals surface area (Å²) in [7, 11) is -7.71. The van der Waals surface area contributed by atoms with Gasteiger partial charge in [-0.05, 0) is 105 Å². The molecule has 338 valence electrons. The maximum Gasteiger partial charge on any atom is 1.00 e. The number of carbonyl (C=O) groups is 1. The minimum atomic E-state index is -4.59. The molecule has 10 nitrogen and oxygen atoms in total. The zero-order chi connectivity index (χ0) is 46.1. The molecular weight excluding hydrogens is 879 g/mol. The van der Waals surface area contributed by atoms with Gasteiger partial charge in [0.15, 0.2) is 5.71 Å². The molecular formula is C51H63N2Na2O8S2+. The number of anilines is 1. The van der Waals surface area contributed by atoms with Gasteiger partial charge in [0, 0.05) is 53.6 Å². The zero-order valence-electron chi connectivity index (χ0n) is 40.1. The van der Waals surface area contributed by atoms with E-state index in [9.17, 15) is 17.8 Å². The van der Waals surface area contributed by atoms with Crippen LogP contribution < -0.4 is 68.8 Å². The number of allylic oxidation sites excluding steroid dienone is 7. The summed E-state index contributed by atoms with van der Waals surface area (Å²) in [6.07, 6.45) is 18.5. The molecule has 1 aliphatic carbocycles. The van der Waals surface area contributed by atoms with E-state index in [0.717, 1.165) is 81.4 Å². The fourth-order valence-corrected chi connectivity index (χ4v) is 9.36. The zero-order valence-corrected chi connectivity index (χ0v) is 45.8. The van der Waals surface area contributed by atoms with Gasteiger partial charge in [0.1, 0.15) is 39.6 Å². The second-order valence-electron chi connectivity index (χ2n) is 18.1. The van der Waals surface area contributed by atoms with Crippen molar-refractivity contribution in [2.45, 2.75) is 135 Å². The molecule has 0 saturated carbocycles. The summed E-state index contributed by atoms with van der Waals surface area (Å²) in [4.78, 5) is 14.5. The van der Waals surface area contributed by atoms with Crippen molar-refractivity contribution in [2.24, 2.45) is 5.92 Å². The molecule has 6 rings (SSSR count). The van der Waals surface area contributed by atoms with Crippen LogP contribution in [-0.2, 0) is 36.4 Å². The standard InChI is InChI=1S/C51H64N2O5S.2Na.O3S/c1-9-10-15-33-52-44-21-14-13-20-42(44)50(5,6)47(52)31-24-38-18-17-19-39(49(38)58-40-26-28-41(29-27-40)59(55,56)57)25-32-48-51(7,8)43-35-37(4)23-30-45(43)53(48)34-16-11-12-22-46(54)36(2)3;;;1-4(2)3/h14,20-21,23-32,35-36H,9-12,15-19,22,33-34H2,1-8H3,(H,55,56,57);;;/q;2*+1;/p-1. The summed E-state index contributed by atoms with van der Waals surface area (Å²) in [5.41, 5.74) is 10.4. The summed E-state index contributed by atoms with van der Waals surface area (Å²) in [5, 5.41) is 0. The average Bonchev–Trinajstić information content (AvgIpc) is 3.56. The van der Waals surface area contributed by atoms with Crippen molar-refractivity contribution in [1.29, 1.82) is 0 Å². The molecule has 0 spiro atoms. The van der Waals surface area contributed by atoms with Crippen LogP contribution in [0.5, 0.6) is 5.75 Å². The van der Waals surface area contributed by atoms with E-state index in [1.165, 1.54) is 58.0 Å². The van der Waals surface area contributed by atoms with E-state index in [1.807, 2.05) is 19.9 Å². The number of Topliss-reactive ketones (excluding diaryl/α,β-unsaturated/α-hetero) is 1. The fraction of sp³-hybridized carbons (Fsp3) is 0.451. The quantitative estimate of drug-likeness (QED) is 0.0618. The van der Waals surface area contributed by atoms with Gasteiger partial charge in [0.25, 0.3) is 0 Å². The van der Waals surface area contributed by atoms with Gasteiger partial charge in [-0.15, -0.1) is 18.7 Å². The minimum absolute atomic E-state index is 0. The van der Waals surface area contributed by atoms with Gasteiger partial charge < -0.3 is 14.2 Å². The summed E-state index contributed by atoms with van der Waals surface area (Å²) in [6.45, 7) is 19.3. The van der Waals surface area contributed by atoms with Crippen molar-refractivity contribution >= 4 is 43.6 Å². The number of fused-ring (bicyclic) bond motifs is 2. The van der Waals surface area contributed by atoms with Crippen molar-refractivity contribution in [3.8, 4) is 5.75 Å². The van der Waals surface area contributed by atoms with Crippen LogP contribution in [0.1, 0.15) is 129 Å². The third-order valence-corrected chi connectivity index (χ3v) is 13.3. The smallest absolute Gasteiger partial charge is 0.744 e. The van der Waals surface area contributed by atoms with E-state index in [4.69, 9.17) is 17.4 Å². The van der Waals surface area contributed by atoms with Gasteiger partial charge in [-0.1, -0.05) is 90.6 Å². The Balaban J connectivity index is 0.00000179. The number of hydrogen-bond donors (Lipinski definition) is 0. The number of carbonyl (C=O) groups excluding carboxylic acids is 1. The van der Waals surface area contributed by atoms with Gasteiger partial charge in [-0.2, -0.15) is 18.2 Å². The monoisotopic (exact) mass is 941 g/mol. The van der Waals surface area contributed by atoms with E-state index in [0.29, 0.717) is 18.0 Å². The molecule has 0 radical (unpaired) electrons. The van der Waals surface area contributed by atoms with Gasteiger partial charge in [-0.3, -0.25) is 4.79 Å². The van der Waals surface area contributed by atoms with E-state index < -0.39 is 20.7 Å². The second kappa shape index (κ2) is 24.9. The Labute approximate surface area is 433 Å². The normalized spacial score (nSPS) is 17.4. The Bertz CT molecular complexity index is 2550. The van der Waals surface area contributed by atoms with Crippen molar-refractivity contribution in [1.82, 2.24) is 0 Å². The minimum Gasteiger partial charge on any atom is -0.744 e.